The van der Waals surface area contributed by atoms with Gasteiger partial charge >= 0.3 is 0 Å². The first-order chi connectivity index (χ1) is 8.04. The van der Waals surface area contributed by atoms with E-state index in [1.165, 1.54) is 0 Å². The van der Waals surface area contributed by atoms with Gasteiger partial charge in [0.25, 0.3) is 0 Å². The molecule has 0 spiro atoms. The van der Waals surface area contributed by atoms with Crippen molar-refractivity contribution in [3.63, 3.8) is 0 Å². The lowest BCUT2D eigenvalue weighted by molar-refractivity contribution is 0.0817. The lowest BCUT2D eigenvalue weighted by atomic mass is 9.97. The summed E-state index contributed by atoms with van der Waals surface area (Å²) >= 11 is 5.94. The van der Waals surface area contributed by atoms with Crippen LogP contribution in [0.4, 0.5) is 0 Å². The molecule has 0 N–H and O–H groups in total. The van der Waals surface area contributed by atoms with Gasteiger partial charge in [-0.3, -0.25) is 0 Å². The van der Waals surface area contributed by atoms with Crippen molar-refractivity contribution in [2.24, 2.45) is 0 Å². The molecule has 4 nitrogen and oxygen atoms in total. The van der Waals surface area contributed by atoms with Gasteiger partial charge in [0.2, 0.25) is 0 Å². The first-order valence-corrected chi connectivity index (χ1v) is 6.66. The fourth-order valence-electron chi connectivity index (χ4n) is 2.37. The van der Waals surface area contributed by atoms with E-state index in [4.69, 9.17) is 16.3 Å². The average Bonchev–Trinajstić information content (AvgIpc) is 2.73. The number of aromatic nitrogens is 3. The zero-order chi connectivity index (χ0) is 12.5. The van der Waals surface area contributed by atoms with Gasteiger partial charge in [0.15, 0.2) is 0 Å². The molecular weight excluding hydrogens is 238 g/mol. The van der Waals surface area contributed by atoms with Gasteiger partial charge in [0, 0.05) is 24.7 Å². The van der Waals surface area contributed by atoms with Crippen LogP contribution in [-0.4, -0.2) is 28.0 Å². The second-order valence-electron chi connectivity index (χ2n) is 5.50. The first kappa shape index (κ1) is 12.8. The molecule has 1 saturated heterocycles. The largest absolute Gasteiger partial charge is 0.381 e. The quantitative estimate of drug-likeness (QED) is 0.765. The third-order valence-electron chi connectivity index (χ3n) is 3.13. The molecule has 1 aromatic heterocycles. The molecule has 1 aliphatic heterocycles. The molecule has 0 amide bonds. The molecule has 1 aliphatic rings. The Balaban J connectivity index is 2.36. The second kappa shape index (κ2) is 4.94. The Labute approximate surface area is 107 Å². The van der Waals surface area contributed by atoms with Crippen LogP contribution in [0.2, 0.25) is 0 Å². The molecule has 1 aromatic rings. The van der Waals surface area contributed by atoms with Crippen molar-refractivity contribution < 1.29 is 4.74 Å². The van der Waals surface area contributed by atoms with E-state index in [-0.39, 0.29) is 5.54 Å². The van der Waals surface area contributed by atoms with Gasteiger partial charge in [-0.15, -0.1) is 21.8 Å². The molecule has 0 atom stereocenters. The van der Waals surface area contributed by atoms with Crippen LogP contribution in [-0.2, 0) is 16.2 Å². The summed E-state index contributed by atoms with van der Waals surface area (Å²) in [6.45, 7) is 8.12. The van der Waals surface area contributed by atoms with Crippen molar-refractivity contribution in [3.05, 3.63) is 11.6 Å². The monoisotopic (exact) mass is 257 g/mol. The van der Waals surface area contributed by atoms with Crippen LogP contribution in [0.3, 0.4) is 0 Å². The zero-order valence-electron chi connectivity index (χ0n) is 10.7. The van der Waals surface area contributed by atoms with E-state index in [0.29, 0.717) is 11.8 Å². The Kier molecular flexibility index (Phi) is 3.73. The summed E-state index contributed by atoms with van der Waals surface area (Å²) in [6.07, 6.45) is 2.05. The molecular formula is C12H20ClN3O. The third kappa shape index (κ3) is 2.63. The van der Waals surface area contributed by atoms with Gasteiger partial charge in [0.05, 0.1) is 5.88 Å². The number of ether oxygens (including phenoxy) is 1. The SMILES string of the molecule is CC(C)(C)n1c(CCl)nnc1C1CCOCC1. The number of nitrogens with zero attached hydrogens (tertiary/aromatic N) is 3. The Morgan fingerprint density at radius 1 is 1.29 bits per heavy atom. The van der Waals surface area contributed by atoms with Crippen LogP contribution in [0.1, 0.15) is 51.2 Å². The van der Waals surface area contributed by atoms with Crippen molar-refractivity contribution in [1.29, 1.82) is 0 Å². The predicted octanol–water partition coefficient (Wildman–Crippen LogP) is 2.67. The van der Waals surface area contributed by atoms with E-state index in [0.717, 1.165) is 37.7 Å². The fourth-order valence-corrected chi connectivity index (χ4v) is 2.54. The van der Waals surface area contributed by atoms with Crippen LogP contribution in [0.5, 0.6) is 0 Å². The van der Waals surface area contributed by atoms with E-state index in [1.54, 1.807) is 0 Å². The predicted molar refractivity (Wildman–Crippen MR) is 67.4 cm³/mol. The normalized spacial score (nSPS) is 18.6. The van der Waals surface area contributed by atoms with E-state index < -0.39 is 0 Å². The summed E-state index contributed by atoms with van der Waals surface area (Å²) in [5.74, 6) is 2.79. The lowest BCUT2D eigenvalue weighted by Gasteiger charge is -2.29. The van der Waals surface area contributed by atoms with Gasteiger partial charge in [-0.25, -0.2) is 0 Å². The van der Waals surface area contributed by atoms with Gasteiger partial charge in [-0.1, -0.05) is 0 Å². The molecule has 0 unspecified atom stereocenters. The highest BCUT2D eigenvalue weighted by atomic mass is 35.5. The maximum absolute atomic E-state index is 5.94. The van der Waals surface area contributed by atoms with Crippen molar-refractivity contribution in [2.45, 2.75) is 50.9 Å². The number of rotatable bonds is 2. The molecule has 0 bridgehead atoms. The Morgan fingerprint density at radius 3 is 2.47 bits per heavy atom. The van der Waals surface area contributed by atoms with E-state index >= 15 is 0 Å². The van der Waals surface area contributed by atoms with Gasteiger partial charge in [-0.2, -0.15) is 0 Å². The Morgan fingerprint density at radius 2 is 1.94 bits per heavy atom. The van der Waals surface area contributed by atoms with E-state index in [2.05, 4.69) is 35.5 Å². The topological polar surface area (TPSA) is 39.9 Å². The summed E-state index contributed by atoms with van der Waals surface area (Å²) in [4.78, 5) is 0. The highest BCUT2D eigenvalue weighted by molar-refractivity contribution is 6.16. The smallest absolute Gasteiger partial charge is 0.148 e. The molecule has 17 heavy (non-hydrogen) atoms. The van der Waals surface area contributed by atoms with Gasteiger partial charge in [0.1, 0.15) is 11.6 Å². The molecule has 96 valence electrons. The molecule has 5 heteroatoms. The Hall–Kier alpha value is -0.610. The van der Waals surface area contributed by atoms with E-state index in [1.807, 2.05) is 0 Å². The van der Waals surface area contributed by atoms with Crippen LogP contribution >= 0.6 is 11.6 Å². The maximum Gasteiger partial charge on any atom is 0.148 e. The molecule has 2 heterocycles. The van der Waals surface area contributed by atoms with E-state index in [9.17, 15) is 0 Å². The maximum atomic E-state index is 5.94. The molecule has 0 aromatic carbocycles. The van der Waals surface area contributed by atoms with Crippen LogP contribution in [0.25, 0.3) is 0 Å². The number of hydrogen-bond donors (Lipinski definition) is 0. The second-order valence-corrected chi connectivity index (χ2v) is 5.77. The lowest BCUT2D eigenvalue weighted by Crippen LogP contribution is -2.29. The number of alkyl halides is 1. The minimum Gasteiger partial charge on any atom is -0.381 e. The van der Waals surface area contributed by atoms with Crippen LogP contribution in [0.15, 0.2) is 0 Å². The first-order valence-electron chi connectivity index (χ1n) is 6.12. The van der Waals surface area contributed by atoms with Crippen LogP contribution in [0, 0.1) is 0 Å². The summed E-state index contributed by atoms with van der Waals surface area (Å²) in [6, 6.07) is 0. The third-order valence-corrected chi connectivity index (χ3v) is 3.37. The fraction of sp³-hybridized carbons (Fsp3) is 0.833. The van der Waals surface area contributed by atoms with Crippen molar-refractivity contribution >= 4 is 11.6 Å². The average molecular weight is 258 g/mol. The minimum atomic E-state index is -0.0264. The van der Waals surface area contributed by atoms with Gasteiger partial charge < -0.3 is 9.30 Å². The molecule has 0 aliphatic carbocycles. The minimum absolute atomic E-state index is 0.0264. The summed E-state index contributed by atoms with van der Waals surface area (Å²) in [7, 11) is 0. The summed E-state index contributed by atoms with van der Waals surface area (Å²) < 4.78 is 7.59. The molecule has 0 saturated carbocycles. The van der Waals surface area contributed by atoms with Crippen LogP contribution < -0.4 is 0 Å². The summed E-state index contributed by atoms with van der Waals surface area (Å²) in [5, 5.41) is 8.57. The number of halogens is 1. The summed E-state index contributed by atoms with van der Waals surface area (Å²) in [5.41, 5.74) is -0.0264. The standard InChI is InChI=1S/C12H20ClN3O/c1-12(2,3)16-10(8-13)14-15-11(16)9-4-6-17-7-5-9/h9H,4-8H2,1-3H3. The molecule has 2 rings (SSSR count). The highest BCUT2D eigenvalue weighted by Gasteiger charge is 2.28. The molecule has 0 radical (unpaired) electrons. The number of hydrogen-bond acceptors (Lipinski definition) is 3. The zero-order valence-corrected chi connectivity index (χ0v) is 11.5. The Bertz CT molecular complexity index is 378. The van der Waals surface area contributed by atoms with Crippen molar-refractivity contribution in [2.75, 3.05) is 13.2 Å². The van der Waals surface area contributed by atoms with Gasteiger partial charge in [-0.05, 0) is 33.6 Å². The van der Waals surface area contributed by atoms with Crippen molar-refractivity contribution in [3.8, 4) is 0 Å². The molecule has 1 fully saturated rings. The van der Waals surface area contributed by atoms with Crippen molar-refractivity contribution in [1.82, 2.24) is 14.8 Å². The highest BCUT2D eigenvalue weighted by Crippen LogP contribution is 2.30.